The van der Waals surface area contributed by atoms with Crippen molar-refractivity contribution in [1.82, 2.24) is 5.32 Å². The smallest absolute Gasteiger partial charge is 0.275 e. The van der Waals surface area contributed by atoms with E-state index in [0.717, 1.165) is 11.3 Å². The van der Waals surface area contributed by atoms with Crippen molar-refractivity contribution in [2.75, 3.05) is 0 Å². The van der Waals surface area contributed by atoms with E-state index < -0.39 is 0 Å². The average molecular weight is 301 g/mol. The molecule has 0 saturated heterocycles. The molecule has 0 fully saturated rings. The SMILES string of the molecule is O=C1NC(CCc2ccco2)=N/C1=C\c1ccccc1Cl. The van der Waals surface area contributed by atoms with Crippen LogP contribution in [-0.2, 0) is 11.2 Å². The van der Waals surface area contributed by atoms with E-state index in [2.05, 4.69) is 10.3 Å². The molecule has 1 aromatic heterocycles. The topological polar surface area (TPSA) is 54.6 Å². The molecule has 2 heterocycles. The minimum absolute atomic E-state index is 0.204. The Labute approximate surface area is 127 Å². The summed E-state index contributed by atoms with van der Waals surface area (Å²) in [5.41, 5.74) is 1.15. The summed E-state index contributed by atoms with van der Waals surface area (Å²) in [5, 5.41) is 3.36. The molecule has 1 aliphatic rings. The summed E-state index contributed by atoms with van der Waals surface area (Å²) in [7, 11) is 0. The Balaban J connectivity index is 1.74. The molecule has 21 heavy (non-hydrogen) atoms. The minimum atomic E-state index is -0.204. The Morgan fingerprint density at radius 1 is 1.19 bits per heavy atom. The fourth-order valence-electron chi connectivity index (χ4n) is 2.07. The molecule has 0 saturated carbocycles. The van der Waals surface area contributed by atoms with Crippen molar-refractivity contribution in [3.8, 4) is 0 Å². The maximum absolute atomic E-state index is 11.9. The summed E-state index contributed by atoms with van der Waals surface area (Å²) < 4.78 is 5.26. The molecule has 3 rings (SSSR count). The van der Waals surface area contributed by atoms with E-state index in [4.69, 9.17) is 16.0 Å². The van der Waals surface area contributed by atoms with Gasteiger partial charge in [-0.05, 0) is 29.8 Å². The molecule has 0 radical (unpaired) electrons. The lowest BCUT2D eigenvalue weighted by molar-refractivity contribution is -0.115. The number of amides is 1. The zero-order valence-corrected chi connectivity index (χ0v) is 11.9. The van der Waals surface area contributed by atoms with Gasteiger partial charge in [-0.1, -0.05) is 29.8 Å². The van der Waals surface area contributed by atoms with Gasteiger partial charge in [0.25, 0.3) is 5.91 Å². The van der Waals surface area contributed by atoms with Crippen LogP contribution in [0.3, 0.4) is 0 Å². The number of amidine groups is 1. The maximum atomic E-state index is 11.9. The van der Waals surface area contributed by atoms with E-state index in [-0.39, 0.29) is 5.91 Å². The molecule has 0 bridgehead atoms. The number of aliphatic imine (C=N–C) groups is 1. The molecule has 1 N–H and O–H groups in total. The fourth-order valence-corrected chi connectivity index (χ4v) is 2.26. The molecular formula is C16H13ClN2O2. The first-order valence-electron chi connectivity index (χ1n) is 6.60. The van der Waals surface area contributed by atoms with Crippen LogP contribution < -0.4 is 5.32 Å². The highest BCUT2D eigenvalue weighted by atomic mass is 35.5. The van der Waals surface area contributed by atoms with Gasteiger partial charge in [0.15, 0.2) is 0 Å². The van der Waals surface area contributed by atoms with Gasteiger partial charge in [0.1, 0.15) is 17.3 Å². The van der Waals surface area contributed by atoms with Gasteiger partial charge in [0.2, 0.25) is 0 Å². The summed E-state index contributed by atoms with van der Waals surface area (Å²) in [6.07, 6.45) is 4.65. The van der Waals surface area contributed by atoms with E-state index in [0.29, 0.717) is 29.4 Å². The van der Waals surface area contributed by atoms with Gasteiger partial charge < -0.3 is 9.73 Å². The molecule has 0 unspecified atom stereocenters. The van der Waals surface area contributed by atoms with Crippen LogP contribution >= 0.6 is 11.6 Å². The molecule has 5 heteroatoms. The van der Waals surface area contributed by atoms with Crippen LogP contribution in [0.5, 0.6) is 0 Å². The van der Waals surface area contributed by atoms with Crippen molar-refractivity contribution >= 4 is 29.4 Å². The molecule has 2 aromatic rings. The predicted molar refractivity (Wildman–Crippen MR) is 82.0 cm³/mol. The third-order valence-electron chi connectivity index (χ3n) is 3.13. The van der Waals surface area contributed by atoms with Crippen LogP contribution in [0, 0.1) is 0 Å². The highest BCUT2D eigenvalue weighted by Gasteiger charge is 2.20. The number of aryl methyl sites for hydroxylation is 1. The molecule has 0 aliphatic carbocycles. The first-order chi connectivity index (χ1) is 10.2. The summed E-state index contributed by atoms with van der Waals surface area (Å²) in [5.74, 6) is 1.31. The molecule has 1 aromatic carbocycles. The molecule has 1 amide bonds. The minimum Gasteiger partial charge on any atom is -0.469 e. The zero-order chi connectivity index (χ0) is 14.7. The highest BCUT2D eigenvalue weighted by Crippen LogP contribution is 2.20. The first-order valence-corrected chi connectivity index (χ1v) is 6.98. The fraction of sp³-hybridized carbons (Fsp3) is 0.125. The lowest BCUT2D eigenvalue weighted by Crippen LogP contribution is -2.24. The van der Waals surface area contributed by atoms with Crippen LogP contribution in [0.1, 0.15) is 17.7 Å². The standard InChI is InChI=1S/C16H13ClN2O2/c17-13-6-2-1-4-11(13)10-14-16(20)19-15(18-14)8-7-12-5-3-9-21-12/h1-6,9-10H,7-8H2,(H,18,19,20)/b14-10-. The second-order valence-corrected chi connectivity index (χ2v) is 5.05. The van der Waals surface area contributed by atoms with Crippen molar-refractivity contribution in [2.45, 2.75) is 12.8 Å². The Bertz CT molecular complexity index is 718. The van der Waals surface area contributed by atoms with Crippen molar-refractivity contribution in [3.05, 3.63) is 64.7 Å². The lowest BCUT2D eigenvalue weighted by Gasteiger charge is -1.97. The van der Waals surface area contributed by atoms with Crippen LogP contribution in [0.15, 0.2) is 57.8 Å². The Hall–Kier alpha value is -2.33. The van der Waals surface area contributed by atoms with Crippen molar-refractivity contribution in [3.63, 3.8) is 0 Å². The van der Waals surface area contributed by atoms with Crippen LogP contribution in [-0.4, -0.2) is 11.7 Å². The maximum Gasteiger partial charge on any atom is 0.275 e. The van der Waals surface area contributed by atoms with Gasteiger partial charge in [-0.15, -0.1) is 0 Å². The number of halogens is 1. The number of nitrogens with zero attached hydrogens (tertiary/aromatic N) is 1. The molecule has 1 aliphatic heterocycles. The van der Waals surface area contributed by atoms with Crippen molar-refractivity contribution in [2.24, 2.45) is 4.99 Å². The first kappa shape index (κ1) is 13.6. The summed E-state index contributed by atoms with van der Waals surface area (Å²) >= 11 is 6.08. The number of furan rings is 1. The molecule has 0 atom stereocenters. The van der Waals surface area contributed by atoms with Gasteiger partial charge in [0, 0.05) is 17.9 Å². The third-order valence-corrected chi connectivity index (χ3v) is 3.48. The number of nitrogens with one attached hydrogen (secondary N) is 1. The van der Waals surface area contributed by atoms with Gasteiger partial charge in [-0.3, -0.25) is 4.79 Å². The van der Waals surface area contributed by atoms with Crippen LogP contribution in [0.4, 0.5) is 0 Å². The summed E-state index contributed by atoms with van der Waals surface area (Å²) in [6, 6.07) is 11.1. The predicted octanol–water partition coefficient (Wildman–Crippen LogP) is 3.44. The highest BCUT2D eigenvalue weighted by molar-refractivity contribution is 6.32. The molecule has 4 nitrogen and oxygen atoms in total. The average Bonchev–Trinajstić information content (AvgIpc) is 3.10. The van der Waals surface area contributed by atoms with Gasteiger partial charge in [0.05, 0.1) is 6.26 Å². The van der Waals surface area contributed by atoms with E-state index >= 15 is 0 Å². The number of rotatable bonds is 4. The number of benzene rings is 1. The van der Waals surface area contributed by atoms with E-state index in [1.165, 1.54) is 0 Å². The Morgan fingerprint density at radius 2 is 2.05 bits per heavy atom. The quantitative estimate of drug-likeness (QED) is 0.879. The normalized spacial score (nSPS) is 16.1. The van der Waals surface area contributed by atoms with Crippen molar-refractivity contribution in [1.29, 1.82) is 0 Å². The number of carbonyl (C=O) groups excluding carboxylic acids is 1. The second-order valence-electron chi connectivity index (χ2n) is 4.64. The van der Waals surface area contributed by atoms with Gasteiger partial charge in [-0.25, -0.2) is 4.99 Å². The summed E-state index contributed by atoms with van der Waals surface area (Å²) in [6.45, 7) is 0. The number of hydrogen-bond donors (Lipinski definition) is 1. The van der Waals surface area contributed by atoms with E-state index in [1.54, 1.807) is 18.4 Å². The van der Waals surface area contributed by atoms with Gasteiger partial charge in [-0.2, -0.15) is 0 Å². The second kappa shape index (κ2) is 5.97. The number of hydrogen-bond acceptors (Lipinski definition) is 3. The Morgan fingerprint density at radius 3 is 2.81 bits per heavy atom. The number of carbonyl (C=O) groups is 1. The third kappa shape index (κ3) is 3.23. The zero-order valence-electron chi connectivity index (χ0n) is 11.2. The lowest BCUT2D eigenvalue weighted by atomic mass is 10.2. The molecule has 106 valence electrons. The summed E-state index contributed by atoms with van der Waals surface area (Å²) in [4.78, 5) is 16.2. The van der Waals surface area contributed by atoms with E-state index in [9.17, 15) is 4.79 Å². The van der Waals surface area contributed by atoms with Crippen molar-refractivity contribution < 1.29 is 9.21 Å². The van der Waals surface area contributed by atoms with Crippen LogP contribution in [0.25, 0.3) is 6.08 Å². The van der Waals surface area contributed by atoms with E-state index in [1.807, 2.05) is 30.3 Å². The molecular weight excluding hydrogens is 288 g/mol. The Kier molecular flexibility index (Phi) is 3.88. The van der Waals surface area contributed by atoms with Crippen LogP contribution in [0.2, 0.25) is 5.02 Å². The molecule has 0 spiro atoms. The van der Waals surface area contributed by atoms with Gasteiger partial charge >= 0.3 is 0 Å². The monoisotopic (exact) mass is 300 g/mol. The largest absolute Gasteiger partial charge is 0.469 e.